The summed E-state index contributed by atoms with van der Waals surface area (Å²) < 4.78 is 19.8. The summed E-state index contributed by atoms with van der Waals surface area (Å²) in [4.78, 5) is 48.3. The molecule has 2 atom stereocenters. The Morgan fingerprint density at radius 3 is 2.82 bits per heavy atom. The highest BCUT2D eigenvalue weighted by molar-refractivity contribution is 5.98. The molecule has 1 N–H and O–H groups in total. The summed E-state index contributed by atoms with van der Waals surface area (Å²) in [6, 6.07) is 13.9. The Kier molecular flexibility index (Phi) is 8.65. The fraction of sp³-hybridized carbons (Fsp3) is 0.364. The lowest BCUT2D eigenvalue weighted by Gasteiger charge is -2.39. The number of hydrogen-bond donors (Lipinski definition) is 1. The smallest absolute Gasteiger partial charge is 0.255 e. The fourth-order valence-corrected chi connectivity index (χ4v) is 5.81. The van der Waals surface area contributed by atoms with Gasteiger partial charge < -0.3 is 29.3 Å². The van der Waals surface area contributed by atoms with E-state index >= 15 is 0 Å². The molecular formula is C33H36N6O6. The molecule has 2 aliphatic rings. The molecule has 2 aliphatic heterocycles. The lowest BCUT2D eigenvalue weighted by molar-refractivity contribution is -0.124. The zero-order valence-corrected chi connectivity index (χ0v) is 25.6. The lowest BCUT2D eigenvalue weighted by Crippen LogP contribution is -2.57. The minimum absolute atomic E-state index is 0.115. The Morgan fingerprint density at radius 1 is 1.13 bits per heavy atom. The largest absolute Gasteiger partial charge is 0.493 e. The first-order valence-corrected chi connectivity index (χ1v) is 15.0. The maximum absolute atomic E-state index is 13.6. The molecule has 0 unspecified atom stereocenters. The fourth-order valence-electron chi connectivity index (χ4n) is 5.81. The third kappa shape index (κ3) is 6.46. The number of pyridine rings is 1. The maximum Gasteiger partial charge on any atom is 0.255 e. The van der Waals surface area contributed by atoms with Crippen LogP contribution in [0.1, 0.15) is 46.0 Å². The molecule has 4 heterocycles. The van der Waals surface area contributed by atoms with E-state index in [1.54, 1.807) is 46.2 Å². The lowest BCUT2D eigenvalue weighted by atomic mass is 10.00. The average molecular weight is 613 g/mol. The van der Waals surface area contributed by atoms with Gasteiger partial charge in [0, 0.05) is 38.4 Å². The van der Waals surface area contributed by atoms with Crippen LogP contribution in [0.5, 0.6) is 17.2 Å². The van der Waals surface area contributed by atoms with Crippen molar-refractivity contribution in [3.8, 4) is 17.2 Å². The van der Waals surface area contributed by atoms with Crippen molar-refractivity contribution in [1.29, 1.82) is 0 Å². The highest BCUT2D eigenvalue weighted by Gasteiger charge is 2.34. The molecule has 4 aromatic rings. The molecule has 12 nitrogen and oxygen atoms in total. The average Bonchev–Trinajstić information content (AvgIpc) is 3.42. The Bertz CT molecular complexity index is 1740. The molecule has 234 valence electrons. The summed E-state index contributed by atoms with van der Waals surface area (Å²) in [6.07, 6.45) is 3.89. The van der Waals surface area contributed by atoms with Crippen LogP contribution in [0.15, 0.2) is 60.9 Å². The molecule has 0 aliphatic carbocycles. The van der Waals surface area contributed by atoms with Crippen LogP contribution in [0.3, 0.4) is 0 Å². The monoisotopic (exact) mass is 612 g/mol. The third-order valence-electron chi connectivity index (χ3n) is 8.16. The van der Waals surface area contributed by atoms with Gasteiger partial charge in [-0.2, -0.15) is 5.10 Å². The van der Waals surface area contributed by atoms with Gasteiger partial charge in [0.2, 0.25) is 5.91 Å². The molecule has 1 saturated heterocycles. The second kappa shape index (κ2) is 12.9. The number of likely N-dealkylation sites (tertiary alicyclic amines) is 1. The van der Waals surface area contributed by atoms with E-state index in [1.807, 2.05) is 38.2 Å². The predicted octanol–water partition coefficient (Wildman–Crippen LogP) is 3.55. The number of nitrogens with zero attached hydrogens (tertiary/aromatic N) is 5. The highest BCUT2D eigenvalue weighted by atomic mass is 16.5. The summed E-state index contributed by atoms with van der Waals surface area (Å²) in [5.41, 5.74) is 3.17. The number of fused-ring (bicyclic) bond motifs is 6. The second-order valence-electron chi connectivity index (χ2n) is 11.3. The number of aromatic nitrogens is 3. The number of piperidine rings is 1. The summed E-state index contributed by atoms with van der Waals surface area (Å²) in [5, 5.41) is 7.33. The summed E-state index contributed by atoms with van der Waals surface area (Å²) >= 11 is 0. The predicted molar refractivity (Wildman–Crippen MR) is 165 cm³/mol. The molecule has 12 heteroatoms. The van der Waals surface area contributed by atoms with Crippen molar-refractivity contribution in [2.24, 2.45) is 7.05 Å². The van der Waals surface area contributed by atoms with E-state index in [0.29, 0.717) is 59.8 Å². The number of ether oxygens (including phenoxy) is 3. The number of benzene rings is 2. The zero-order chi connectivity index (χ0) is 31.5. The first kappa shape index (κ1) is 30.1. The minimum atomic E-state index is -0.499. The normalized spacial score (nSPS) is 19.1. The van der Waals surface area contributed by atoms with Crippen LogP contribution in [0, 0.1) is 0 Å². The quantitative estimate of drug-likeness (QED) is 0.371. The topological polar surface area (TPSA) is 128 Å². The minimum Gasteiger partial charge on any atom is -0.493 e. The van der Waals surface area contributed by atoms with Gasteiger partial charge in [0.25, 0.3) is 11.8 Å². The Labute approximate surface area is 260 Å². The maximum atomic E-state index is 13.6. The van der Waals surface area contributed by atoms with E-state index in [9.17, 15) is 14.4 Å². The number of hydrogen-bond acceptors (Lipinski definition) is 8. The number of amides is 3. The van der Waals surface area contributed by atoms with Crippen molar-refractivity contribution in [2.75, 3.05) is 33.3 Å². The highest BCUT2D eigenvalue weighted by Crippen LogP contribution is 2.33. The van der Waals surface area contributed by atoms with Gasteiger partial charge in [-0.3, -0.25) is 24.0 Å². The molecular weight excluding hydrogens is 576 g/mol. The Morgan fingerprint density at radius 2 is 2.00 bits per heavy atom. The van der Waals surface area contributed by atoms with Gasteiger partial charge in [-0.15, -0.1) is 0 Å². The van der Waals surface area contributed by atoms with Gasteiger partial charge in [-0.05, 0) is 54.8 Å². The van der Waals surface area contributed by atoms with Crippen LogP contribution in [0.4, 0.5) is 0 Å². The molecule has 2 aromatic heterocycles. The summed E-state index contributed by atoms with van der Waals surface area (Å²) in [7, 11) is 3.35. The molecule has 0 radical (unpaired) electrons. The Balaban J connectivity index is 1.29. The molecule has 45 heavy (non-hydrogen) atoms. The van der Waals surface area contributed by atoms with Crippen molar-refractivity contribution in [3.05, 3.63) is 77.6 Å². The third-order valence-corrected chi connectivity index (χ3v) is 8.16. The molecule has 6 rings (SSSR count). The van der Waals surface area contributed by atoms with Crippen molar-refractivity contribution in [3.63, 3.8) is 0 Å². The summed E-state index contributed by atoms with van der Waals surface area (Å²) in [5.74, 6) is 0.667. The van der Waals surface area contributed by atoms with E-state index in [0.717, 1.165) is 11.1 Å². The van der Waals surface area contributed by atoms with Gasteiger partial charge in [0.1, 0.15) is 11.3 Å². The van der Waals surface area contributed by atoms with Crippen molar-refractivity contribution in [1.82, 2.24) is 29.9 Å². The van der Waals surface area contributed by atoms with Crippen LogP contribution in [-0.2, 0) is 23.2 Å². The van der Waals surface area contributed by atoms with Crippen LogP contribution in [0.25, 0.3) is 11.0 Å². The molecule has 2 aromatic carbocycles. The number of nitrogens with one attached hydrogen (secondary N) is 1. The second-order valence-corrected chi connectivity index (χ2v) is 11.3. The van der Waals surface area contributed by atoms with Gasteiger partial charge >= 0.3 is 0 Å². The number of carbonyl (C=O) groups excluding carboxylic acids is 3. The van der Waals surface area contributed by atoms with Crippen LogP contribution >= 0.6 is 0 Å². The van der Waals surface area contributed by atoms with E-state index in [4.69, 9.17) is 14.2 Å². The number of methoxy groups -OCH3 is 1. The van der Waals surface area contributed by atoms with Crippen LogP contribution in [-0.4, -0.2) is 87.7 Å². The van der Waals surface area contributed by atoms with Gasteiger partial charge in [0.15, 0.2) is 11.5 Å². The first-order valence-electron chi connectivity index (χ1n) is 15.0. The molecule has 0 saturated carbocycles. The number of aryl methyl sites for hydroxylation is 1. The van der Waals surface area contributed by atoms with E-state index in [1.165, 1.54) is 12.0 Å². The molecule has 1 fully saturated rings. The van der Waals surface area contributed by atoms with E-state index in [-0.39, 0.29) is 43.5 Å². The standard InChI is InChI=1S/C33H36N6O6/c1-4-11-38-19-31(40)36-25-10-12-39(33(42)23-14-27-26(34-16-23)17-35-37(27)2)18-30(25)44-20-21-6-5-7-24(13-21)45-29-15-22(32(38)41)8-9-28(29)43-3/h5-9,13-17,25,30H,4,10-12,18-20H2,1-3H3,(H,36,40)/t25-,30-/m0/s1. The van der Waals surface area contributed by atoms with Crippen molar-refractivity contribution >= 4 is 28.8 Å². The SMILES string of the molecule is CCCN1CC(=O)N[C@H]2CCN(C(=O)c3cnc4cnn(C)c4c3)C[C@@H]2OCc2cccc(c2)Oc2cc(ccc2OC)C1=O. The zero-order valence-electron chi connectivity index (χ0n) is 25.6. The molecule has 3 amide bonds. The van der Waals surface area contributed by atoms with Gasteiger partial charge in [0.05, 0.1) is 49.7 Å². The number of carbonyl (C=O) groups is 3. The van der Waals surface area contributed by atoms with Crippen molar-refractivity contribution in [2.45, 2.75) is 38.5 Å². The molecule has 4 bridgehead atoms. The van der Waals surface area contributed by atoms with E-state index in [2.05, 4.69) is 15.4 Å². The summed E-state index contributed by atoms with van der Waals surface area (Å²) in [6.45, 7) is 3.16. The number of rotatable bonds is 4. The van der Waals surface area contributed by atoms with Crippen LogP contribution < -0.4 is 14.8 Å². The molecule has 0 spiro atoms. The van der Waals surface area contributed by atoms with Gasteiger partial charge in [-0.1, -0.05) is 19.1 Å². The Hall–Kier alpha value is -4.97. The van der Waals surface area contributed by atoms with E-state index < -0.39 is 6.10 Å². The van der Waals surface area contributed by atoms with Crippen molar-refractivity contribution < 1.29 is 28.6 Å². The van der Waals surface area contributed by atoms with Crippen LogP contribution in [0.2, 0.25) is 0 Å². The first-order chi connectivity index (χ1) is 21.8. The van der Waals surface area contributed by atoms with Gasteiger partial charge in [-0.25, -0.2) is 0 Å².